The number of ether oxygens (including phenoxy) is 1. The van der Waals surface area contributed by atoms with Crippen LogP contribution in [-0.2, 0) is 9.84 Å². The van der Waals surface area contributed by atoms with Gasteiger partial charge in [-0.05, 0) is 55.0 Å². The first-order valence-electron chi connectivity index (χ1n) is 9.78. The van der Waals surface area contributed by atoms with Gasteiger partial charge in [-0.1, -0.05) is 30.3 Å². The molecule has 1 aromatic heterocycles. The van der Waals surface area contributed by atoms with E-state index in [0.29, 0.717) is 10.3 Å². The Balaban J connectivity index is 1.93. The number of para-hydroxylation sites is 1. The Morgan fingerprint density at radius 3 is 2.03 bits per heavy atom. The molecule has 0 aliphatic rings. The average molecular weight is 465 g/mol. The summed E-state index contributed by atoms with van der Waals surface area (Å²) in [4.78, 5) is 40.1. The van der Waals surface area contributed by atoms with Gasteiger partial charge in [-0.15, -0.1) is 0 Å². The van der Waals surface area contributed by atoms with E-state index in [9.17, 15) is 22.8 Å². The van der Waals surface area contributed by atoms with E-state index in [0.717, 1.165) is 22.5 Å². The minimum Gasteiger partial charge on any atom is -0.456 e. The summed E-state index contributed by atoms with van der Waals surface area (Å²) in [6.45, 7) is 1.79. The van der Waals surface area contributed by atoms with Crippen molar-refractivity contribution < 1.29 is 13.2 Å². The normalized spacial score (nSPS) is 11.3. The number of rotatable bonds is 5. The lowest BCUT2D eigenvalue weighted by Crippen LogP contribution is -2.48. The summed E-state index contributed by atoms with van der Waals surface area (Å²) in [6, 6.07) is 19.1. The summed E-state index contributed by atoms with van der Waals surface area (Å²) in [5.41, 5.74) is -1.81. The van der Waals surface area contributed by atoms with Crippen molar-refractivity contribution in [2.75, 3.05) is 6.26 Å². The second kappa shape index (κ2) is 8.40. The van der Waals surface area contributed by atoms with E-state index in [-0.39, 0.29) is 22.0 Å². The highest BCUT2D eigenvalue weighted by Crippen LogP contribution is 2.30. The molecule has 0 saturated heterocycles. The molecular formula is C23H19N3O6S. The first-order valence-corrected chi connectivity index (χ1v) is 11.7. The molecule has 10 heteroatoms. The highest BCUT2D eigenvalue weighted by molar-refractivity contribution is 7.90. The van der Waals surface area contributed by atoms with Crippen LogP contribution < -0.4 is 21.8 Å². The molecule has 1 heterocycles. The zero-order chi connectivity index (χ0) is 23.8. The Bertz CT molecular complexity index is 1630. The number of hydrogen-bond acceptors (Lipinski definition) is 6. The zero-order valence-electron chi connectivity index (χ0n) is 17.7. The highest BCUT2D eigenvalue weighted by atomic mass is 32.2. The standard InChI is InChI=1S/C23H19N3O6S/c1-15-7-6-8-16(13-15)25-21(27)24-22(28)26(23(25)29)17-11-12-19(20(14-17)33(2,30)31)32-18-9-4-3-5-10-18/h3-14H,1-2H3,(H,24,27,28). The molecule has 1 N–H and O–H groups in total. The van der Waals surface area contributed by atoms with Gasteiger partial charge in [0.05, 0.1) is 11.4 Å². The second-order valence-electron chi connectivity index (χ2n) is 7.35. The minimum atomic E-state index is -3.81. The van der Waals surface area contributed by atoms with Crippen molar-refractivity contribution in [2.45, 2.75) is 11.8 Å². The van der Waals surface area contributed by atoms with Gasteiger partial charge in [-0.25, -0.2) is 31.9 Å². The number of aromatic amines is 1. The zero-order valence-corrected chi connectivity index (χ0v) is 18.5. The Kier molecular flexibility index (Phi) is 5.60. The molecule has 0 fully saturated rings. The Morgan fingerprint density at radius 2 is 1.42 bits per heavy atom. The molecule has 0 saturated carbocycles. The van der Waals surface area contributed by atoms with Crippen LogP contribution in [-0.4, -0.2) is 28.8 Å². The number of nitrogens with zero attached hydrogens (tertiary/aromatic N) is 2. The maximum Gasteiger partial charge on any atom is 0.345 e. The molecule has 0 atom stereocenters. The SMILES string of the molecule is Cc1cccc(-n2c(=O)[nH]c(=O)n(-c3ccc(Oc4ccccc4)c(S(C)(=O)=O)c3)c2=O)c1. The first kappa shape index (κ1) is 22.0. The predicted molar refractivity (Wildman–Crippen MR) is 123 cm³/mol. The van der Waals surface area contributed by atoms with Gasteiger partial charge in [0.2, 0.25) is 0 Å². The van der Waals surface area contributed by atoms with E-state index in [1.807, 2.05) is 0 Å². The third kappa shape index (κ3) is 4.41. The van der Waals surface area contributed by atoms with Gasteiger partial charge < -0.3 is 4.74 Å². The molecule has 3 aromatic carbocycles. The topological polar surface area (TPSA) is 120 Å². The van der Waals surface area contributed by atoms with E-state index >= 15 is 0 Å². The number of nitrogens with one attached hydrogen (secondary N) is 1. The van der Waals surface area contributed by atoms with Crippen LogP contribution in [0, 0.1) is 6.92 Å². The molecule has 4 aromatic rings. The van der Waals surface area contributed by atoms with Gasteiger partial charge in [0.25, 0.3) is 0 Å². The van der Waals surface area contributed by atoms with Crippen molar-refractivity contribution in [1.82, 2.24) is 14.1 Å². The fraction of sp³-hybridized carbons (Fsp3) is 0.0870. The van der Waals surface area contributed by atoms with E-state index in [1.165, 1.54) is 12.1 Å². The van der Waals surface area contributed by atoms with Crippen molar-refractivity contribution in [3.05, 3.63) is 110 Å². The molecule has 9 nitrogen and oxygen atoms in total. The maximum absolute atomic E-state index is 13.2. The molecule has 0 aliphatic carbocycles. The van der Waals surface area contributed by atoms with Crippen LogP contribution >= 0.6 is 0 Å². The first-order chi connectivity index (χ1) is 15.6. The summed E-state index contributed by atoms with van der Waals surface area (Å²) in [5, 5.41) is 0. The van der Waals surface area contributed by atoms with Crippen molar-refractivity contribution in [3.8, 4) is 22.9 Å². The van der Waals surface area contributed by atoms with Crippen LogP contribution in [0.2, 0.25) is 0 Å². The summed E-state index contributed by atoms with van der Waals surface area (Å²) in [6.07, 6.45) is 0.991. The van der Waals surface area contributed by atoms with E-state index in [1.54, 1.807) is 61.5 Å². The molecule has 4 rings (SSSR count). The second-order valence-corrected chi connectivity index (χ2v) is 9.33. The molecule has 33 heavy (non-hydrogen) atoms. The lowest BCUT2D eigenvalue weighted by Gasteiger charge is -2.13. The van der Waals surface area contributed by atoms with Crippen LogP contribution in [0.5, 0.6) is 11.5 Å². The van der Waals surface area contributed by atoms with Crippen LogP contribution in [0.1, 0.15) is 5.56 Å². The molecular weight excluding hydrogens is 446 g/mol. The Morgan fingerprint density at radius 1 is 0.788 bits per heavy atom. The van der Waals surface area contributed by atoms with E-state index < -0.39 is 26.9 Å². The number of sulfone groups is 1. The summed E-state index contributed by atoms with van der Waals surface area (Å²) in [5.74, 6) is 0.446. The number of hydrogen-bond donors (Lipinski definition) is 1. The van der Waals surface area contributed by atoms with Gasteiger partial charge in [0.15, 0.2) is 9.84 Å². The highest BCUT2D eigenvalue weighted by Gasteiger charge is 2.20. The molecule has 0 radical (unpaired) electrons. The lowest BCUT2D eigenvalue weighted by molar-refractivity contribution is 0.467. The van der Waals surface area contributed by atoms with Crippen molar-refractivity contribution >= 4 is 9.84 Å². The van der Waals surface area contributed by atoms with Gasteiger partial charge in [0.1, 0.15) is 16.4 Å². The summed E-state index contributed by atoms with van der Waals surface area (Å²) < 4.78 is 32.2. The number of H-pyrrole nitrogens is 1. The quantitative estimate of drug-likeness (QED) is 0.482. The third-order valence-corrected chi connectivity index (χ3v) is 5.94. The smallest absolute Gasteiger partial charge is 0.345 e. The van der Waals surface area contributed by atoms with Crippen LogP contribution in [0.25, 0.3) is 11.4 Å². The maximum atomic E-state index is 13.2. The third-order valence-electron chi connectivity index (χ3n) is 4.82. The van der Waals surface area contributed by atoms with Gasteiger partial charge >= 0.3 is 17.1 Å². The van der Waals surface area contributed by atoms with Crippen LogP contribution in [0.3, 0.4) is 0 Å². The molecule has 0 bridgehead atoms. The van der Waals surface area contributed by atoms with Crippen molar-refractivity contribution in [1.29, 1.82) is 0 Å². The van der Waals surface area contributed by atoms with Crippen molar-refractivity contribution in [3.63, 3.8) is 0 Å². The van der Waals surface area contributed by atoms with Crippen LogP contribution in [0.15, 0.2) is 92.1 Å². The van der Waals surface area contributed by atoms with Gasteiger partial charge in [-0.3, -0.25) is 4.98 Å². The molecule has 0 amide bonds. The fourth-order valence-electron chi connectivity index (χ4n) is 3.32. The van der Waals surface area contributed by atoms with Crippen molar-refractivity contribution in [2.24, 2.45) is 0 Å². The van der Waals surface area contributed by atoms with E-state index in [4.69, 9.17) is 4.74 Å². The molecule has 168 valence electrons. The summed E-state index contributed by atoms with van der Waals surface area (Å²) in [7, 11) is -3.81. The van der Waals surface area contributed by atoms with Gasteiger partial charge in [0, 0.05) is 6.26 Å². The summed E-state index contributed by atoms with van der Waals surface area (Å²) >= 11 is 0. The molecule has 0 aliphatic heterocycles. The largest absolute Gasteiger partial charge is 0.456 e. The number of aromatic nitrogens is 3. The van der Waals surface area contributed by atoms with E-state index in [2.05, 4.69) is 4.98 Å². The monoisotopic (exact) mass is 465 g/mol. The lowest BCUT2D eigenvalue weighted by atomic mass is 10.2. The number of benzene rings is 3. The Hall–Kier alpha value is -4.18. The van der Waals surface area contributed by atoms with Crippen LogP contribution in [0.4, 0.5) is 0 Å². The molecule has 0 unspecified atom stereocenters. The predicted octanol–water partition coefficient (Wildman–Crippen LogP) is 2.18. The Labute approximate surface area is 188 Å². The fourth-order valence-corrected chi connectivity index (χ4v) is 4.13. The van der Waals surface area contributed by atoms with Gasteiger partial charge in [-0.2, -0.15) is 0 Å². The minimum absolute atomic E-state index is 0.0314. The average Bonchev–Trinajstić information content (AvgIpc) is 2.74. The number of aryl methyl sites for hydroxylation is 1. The molecule has 0 spiro atoms.